The Morgan fingerprint density at radius 1 is 1.61 bits per heavy atom. The summed E-state index contributed by atoms with van der Waals surface area (Å²) in [5, 5.41) is 13.3. The van der Waals surface area contributed by atoms with Gasteiger partial charge >= 0.3 is 5.97 Å². The van der Waals surface area contributed by atoms with Gasteiger partial charge in [0.2, 0.25) is 5.88 Å². The second-order valence-corrected chi connectivity index (χ2v) is 4.73. The van der Waals surface area contributed by atoms with Gasteiger partial charge in [-0.2, -0.15) is 5.10 Å². The van der Waals surface area contributed by atoms with Crippen LogP contribution in [0.15, 0.2) is 0 Å². The van der Waals surface area contributed by atoms with E-state index in [1.807, 2.05) is 18.9 Å². The molecule has 2 rings (SSSR count). The van der Waals surface area contributed by atoms with E-state index in [1.54, 1.807) is 11.8 Å². The zero-order valence-corrected chi connectivity index (χ0v) is 11.0. The lowest BCUT2D eigenvalue weighted by Crippen LogP contribution is -2.31. The van der Waals surface area contributed by atoms with Crippen molar-refractivity contribution in [1.82, 2.24) is 14.7 Å². The fourth-order valence-electron chi connectivity index (χ4n) is 2.25. The smallest absolute Gasteiger partial charge is 0.317 e. The van der Waals surface area contributed by atoms with E-state index in [9.17, 15) is 4.79 Å². The molecule has 1 heterocycles. The summed E-state index contributed by atoms with van der Waals surface area (Å²) >= 11 is 0. The summed E-state index contributed by atoms with van der Waals surface area (Å²) in [6.07, 6.45) is 2.16. The summed E-state index contributed by atoms with van der Waals surface area (Å²) in [5.74, 6) is -0.0778. The molecule has 0 aliphatic heterocycles. The second kappa shape index (κ2) is 4.97. The van der Waals surface area contributed by atoms with Crippen LogP contribution in [0.4, 0.5) is 0 Å². The summed E-state index contributed by atoms with van der Waals surface area (Å²) in [6, 6.07) is 0.394. The van der Waals surface area contributed by atoms with Crippen LogP contribution in [-0.4, -0.2) is 45.5 Å². The van der Waals surface area contributed by atoms with Gasteiger partial charge in [0.1, 0.15) is 0 Å². The number of aromatic nitrogens is 2. The molecule has 6 heteroatoms. The highest BCUT2D eigenvalue weighted by Gasteiger charge is 2.31. The number of carboxylic acid groups (broad SMARTS) is 1. The first-order valence-electron chi connectivity index (χ1n) is 6.05. The Bertz CT molecular complexity index is 452. The maximum Gasteiger partial charge on any atom is 0.317 e. The van der Waals surface area contributed by atoms with Crippen molar-refractivity contribution in [1.29, 1.82) is 0 Å². The highest BCUT2D eigenvalue weighted by Crippen LogP contribution is 2.31. The first kappa shape index (κ1) is 12.9. The fourth-order valence-corrected chi connectivity index (χ4v) is 2.25. The number of hydrogen-bond acceptors (Lipinski definition) is 4. The monoisotopic (exact) mass is 253 g/mol. The minimum atomic E-state index is -0.789. The van der Waals surface area contributed by atoms with Gasteiger partial charge in [0.25, 0.3) is 0 Å². The predicted octanol–water partition coefficient (Wildman–Crippen LogP) is 0.786. The molecule has 0 unspecified atom stereocenters. The Balaban J connectivity index is 2.17. The van der Waals surface area contributed by atoms with Crippen molar-refractivity contribution in [3.8, 4) is 5.88 Å². The van der Waals surface area contributed by atoms with Gasteiger partial charge in [-0.05, 0) is 19.8 Å². The minimum absolute atomic E-state index is 0.0716. The van der Waals surface area contributed by atoms with Crippen LogP contribution >= 0.6 is 0 Å². The van der Waals surface area contributed by atoms with Gasteiger partial charge in [0.05, 0.1) is 24.9 Å². The number of carboxylic acids is 1. The van der Waals surface area contributed by atoms with E-state index in [4.69, 9.17) is 9.84 Å². The summed E-state index contributed by atoms with van der Waals surface area (Å²) in [7, 11) is 3.44. The van der Waals surface area contributed by atoms with Crippen LogP contribution in [0, 0.1) is 6.92 Å². The largest absolute Gasteiger partial charge is 0.481 e. The van der Waals surface area contributed by atoms with Crippen molar-refractivity contribution in [3.63, 3.8) is 0 Å². The van der Waals surface area contributed by atoms with Gasteiger partial charge < -0.3 is 9.84 Å². The molecule has 1 aliphatic carbocycles. The molecule has 0 spiro atoms. The van der Waals surface area contributed by atoms with E-state index in [0.29, 0.717) is 18.5 Å². The Hall–Kier alpha value is -1.56. The first-order chi connectivity index (χ1) is 8.52. The number of hydrogen-bond donors (Lipinski definition) is 1. The van der Waals surface area contributed by atoms with E-state index in [1.165, 1.54) is 0 Å². The van der Waals surface area contributed by atoms with Crippen molar-refractivity contribution in [2.24, 2.45) is 7.05 Å². The van der Waals surface area contributed by atoms with Crippen molar-refractivity contribution < 1.29 is 14.6 Å². The third-order valence-electron chi connectivity index (χ3n) is 3.24. The molecule has 0 saturated heterocycles. The maximum atomic E-state index is 10.9. The number of rotatable bonds is 6. The van der Waals surface area contributed by atoms with Crippen molar-refractivity contribution >= 4 is 5.97 Å². The predicted molar refractivity (Wildman–Crippen MR) is 65.6 cm³/mol. The van der Waals surface area contributed by atoms with Gasteiger partial charge in [-0.15, -0.1) is 0 Å². The number of methoxy groups -OCH3 is 1. The average Bonchev–Trinajstić information content (AvgIpc) is 3.06. The van der Waals surface area contributed by atoms with Gasteiger partial charge in [-0.25, -0.2) is 4.68 Å². The summed E-state index contributed by atoms with van der Waals surface area (Å²) in [6.45, 7) is 2.58. The SMILES string of the molecule is COc1c(CN(CC(=O)O)C2CC2)c(C)nn1C. The standard InChI is InChI=1S/C12H19N3O3/c1-8-10(12(18-3)14(2)13-8)6-15(7-11(16)17)9-4-5-9/h9H,4-7H2,1-3H3,(H,16,17). The molecule has 0 atom stereocenters. The summed E-state index contributed by atoms with van der Waals surface area (Å²) < 4.78 is 7.02. The zero-order chi connectivity index (χ0) is 13.3. The highest BCUT2D eigenvalue weighted by molar-refractivity contribution is 5.69. The van der Waals surface area contributed by atoms with E-state index >= 15 is 0 Å². The van der Waals surface area contributed by atoms with Crippen molar-refractivity contribution in [2.75, 3.05) is 13.7 Å². The molecule has 1 fully saturated rings. The maximum absolute atomic E-state index is 10.9. The molecule has 1 saturated carbocycles. The van der Waals surface area contributed by atoms with Gasteiger partial charge in [-0.3, -0.25) is 9.69 Å². The van der Waals surface area contributed by atoms with Crippen LogP contribution in [0.1, 0.15) is 24.1 Å². The second-order valence-electron chi connectivity index (χ2n) is 4.73. The van der Waals surface area contributed by atoms with Crippen LogP contribution in [0.25, 0.3) is 0 Å². The Kier molecular flexibility index (Phi) is 3.56. The number of nitrogens with zero attached hydrogens (tertiary/aromatic N) is 3. The third-order valence-corrected chi connectivity index (χ3v) is 3.24. The zero-order valence-electron chi connectivity index (χ0n) is 11.0. The fraction of sp³-hybridized carbons (Fsp3) is 0.667. The molecule has 0 radical (unpaired) electrons. The Morgan fingerprint density at radius 3 is 2.78 bits per heavy atom. The number of aliphatic carboxylic acids is 1. The van der Waals surface area contributed by atoms with Crippen LogP contribution in [0.5, 0.6) is 5.88 Å². The van der Waals surface area contributed by atoms with Crippen LogP contribution < -0.4 is 4.74 Å². The lowest BCUT2D eigenvalue weighted by atomic mass is 10.2. The topological polar surface area (TPSA) is 67.6 Å². The van der Waals surface area contributed by atoms with E-state index in [0.717, 1.165) is 24.1 Å². The van der Waals surface area contributed by atoms with Crippen LogP contribution in [0.3, 0.4) is 0 Å². The molecule has 0 bridgehead atoms. The molecule has 6 nitrogen and oxygen atoms in total. The van der Waals surface area contributed by atoms with Crippen molar-refractivity contribution in [3.05, 3.63) is 11.3 Å². The summed E-state index contributed by atoms with van der Waals surface area (Å²) in [4.78, 5) is 12.9. The van der Waals surface area contributed by atoms with E-state index in [2.05, 4.69) is 5.10 Å². The minimum Gasteiger partial charge on any atom is -0.481 e. The molecule has 1 N–H and O–H groups in total. The van der Waals surface area contributed by atoms with E-state index in [-0.39, 0.29) is 6.54 Å². The highest BCUT2D eigenvalue weighted by atomic mass is 16.5. The number of aryl methyl sites for hydroxylation is 2. The third kappa shape index (κ3) is 2.64. The Labute approximate surface area is 106 Å². The molecule has 1 aromatic heterocycles. The quantitative estimate of drug-likeness (QED) is 0.811. The molecular formula is C12H19N3O3. The normalized spacial score (nSPS) is 15.1. The molecule has 18 heavy (non-hydrogen) atoms. The lowest BCUT2D eigenvalue weighted by molar-refractivity contribution is -0.138. The molecule has 1 aromatic rings. The van der Waals surface area contributed by atoms with Crippen molar-refractivity contribution in [2.45, 2.75) is 32.4 Å². The molecule has 0 aromatic carbocycles. The van der Waals surface area contributed by atoms with Gasteiger partial charge in [0, 0.05) is 19.6 Å². The van der Waals surface area contributed by atoms with E-state index < -0.39 is 5.97 Å². The number of carbonyl (C=O) groups is 1. The first-order valence-corrected chi connectivity index (χ1v) is 6.05. The number of ether oxygens (including phenoxy) is 1. The van der Waals surface area contributed by atoms with Gasteiger partial charge in [0.15, 0.2) is 0 Å². The molecule has 100 valence electrons. The summed E-state index contributed by atoms with van der Waals surface area (Å²) in [5.41, 5.74) is 1.87. The van der Waals surface area contributed by atoms with Crippen LogP contribution in [-0.2, 0) is 18.4 Å². The molecule has 0 amide bonds. The van der Waals surface area contributed by atoms with Gasteiger partial charge in [-0.1, -0.05) is 0 Å². The Morgan fingerprint density at radius 2 is 2.28 bits per heavy atom. The van der Waals surface area contributed by atoms with Crippen LogP contribution in [0.2, 0.25) is 0 Å². The molecular weight excluding hydrogens is 234 g/mol. The average molecular weight is 253 g/mol. The molecule has 1 aliphatic rings. The lowest BCUT2D eigenvalue weighted by Gasteiger charge is -2.19.